The van der Waals surface area contributed by atoms with Crippen molar-refractivity contribution in [2.24, 2.45) is 0 Å². The van der Waals surface area contributed by atoms with Crippen LogP contribution < -0.4 is 15.4 Å². The van der Waals surface area contributed by atoms with Crippen molar-refractivity contribution in [3.63, 3.8) is 0 Å². The van der Waals surface area contributed by atoms with E-state index in [0.717, 1.165) is 6.54 Å². The predicted molar refractivity (Wildman–Crippen MR) is 106 cm³/mol. The van der Waals surface area contributed by atoms with Gasteiger partial charge in [0.1, 0.15) is 11.3 Å². The number of halogens is 4. The van der Waals surface area contributed by atoms with Crippen LogP contribution in [0.4, 0.5) is 0 Å². The Balaban J connectivity index is 0.00000288. The highest BCUT2D eigenvalue weighted by molar-refractivity contribution is 6.35. The molecule has 0 spiro atoms. The molecule has 0 saturated carbocycles. The number of carbonyl (C=O) groups excluding carboxylic acids is 1. The van der Waals surface area contributed by atoms with Gasteiger partial charge >= 0.3 is 0 Å². The summed E-state index contributed by atoms with van der Waals surface area (Å²) in [7, 11) is 0. The number of carbonyl (C=O) groups is 1. The van der Waals surface area contributed by atoms with Gasteiger partial charge in [0.15, 0.2) is 0 Å². The molecule has 1 aromatic carbocycles. The highest BCUT2D eigenvalue weighted by Crippen LogP contribution is 2.31. The minimum Gasteiger partial charge on any atom is -0.437 e. The van der Waals surface area contributed by atoms with Crippen LogP contribution in [0.3, 0.4) is 0 Å². The fourth-order valence-corrected chi connectivity index (χ4v) is 2.29. The lowest BCUT2D eigenvalue weighted by Gasteiger charge is -2.11. The van der Waals surface area contributed by atoms with Crippen molar-refractivity contribution in [1.82, 2.24) is 15.6 Å². The standard InChI is InChI=1S/C16H17Cl2N3O2.2ClH/c1-2-19-8-9-20-15(22)12-4-3-7-21-16(12)23-14-6-5-11(17)10-13(14)18;;/h3-7,10,19H,2,8-9H2,1H3,(H,20,22);2*1H. The summed E-state index contributed by atoms with van der Waals surface area (Å²) in [6.07, 6.45) is 1.55. The number of rotatable bonds is 7. The summed E-state index contributed by atoms with van der Waals surface area (Å²) in [5.74, 6) is 0.324. The van der Waals surface area contributed by atoms with Gasteiger partial charge in [-0.2, -0.15) is 0 Å². The normalized spacial score (nSPS) is 9.56. The molecule has 0 aliphatic carbocycles. The van der Waals surface area contributed by atoms with E-state index >= 15 is 0 Å². The number of amides is 1. The van der Waals surface area contributed by atoms with Crippen molar-refractivity contribution < 1.29 is 9.53 Å². The Morgan fingerprint density at radius 1 is 1.20 bits per heavy atom. The average molecular weight is 427 g/mol. The lowest BCUT2D eigenvalue weighted by Crippen LogP contribution is -2.32. The van der Waals surface area contributed by atoms with Crippen molar-refractivity contribution >= 4 is 53.9 Å². The molecule has 138 valence electrons. The zero-order valence-electron chi connectivity index (χ0n) is 13.4. The molecular formula is C16H19Cl4N3O2. The van der Waals surface area contributed by atoms with E-state index in [4.69, 9.17) is 27.9 Å². The van der Waals surface area contributed by atoms with Crippen LogP contribution in [-0.4, -0.2) is 30.5 Å². The summed E-state index contributed by atoms with van der Waals surface area (Å²) in [5, 5.41) is 6.79. The molecule has 0 fully saturated rings. The van der Waals surface area contributed by atoms with Crippen LogP contribution in [0.1, 0.15) is 17.3 Å². The Morgan fingerprint density at radius 3 is 2.64 bits per heavy atom. The van der Waals surface area contributed by atoms with E-state index in [0.29, 0.717) is 34.4 Å². The molecule has 1 amide bonds. The van der Waals surface area contributed by atoms with E-state index in [2.05, 4.69) is 15.6 Å². The topological polar surface area (TPSA) is 63.2 Å². The highest BCUT2D eigenvalue weighted by Gasteiger charge is 2.15. The molecule has 0 radical (unpaired) electrons. The molecule has 25 heavy (non-hydrogen) atoms. The van der Waals surface area contributed by atoms with Crippen molar-refractivity contribution in [3.05, 3.63) is 52.1 Å². The summed E-state index contributed by atoms with van der Waals surface area (Å²) in [4.78, 5) is 16.4. The number of ether oxygens (including phenoxy) is 1. The molecule has 2 rings (SSSR count). The highest BCUT2D eigenvalue weighted by atomic mass is 35.5. The molecule has 2 N–H and O–H groups in total. The summed E-state index contributed by atoms with van der Waals surface area (Å²) < 4.78 is 5.67. The zero-order valence-corrected chi connectivity index (χ0v) is 16.6. The zero-order chi connectivity index (χ0) is 16.7. The number of hydrogen-bond donors (Lipinski definition) is 2. The van der Waals surface area contributed by atoms with Gasteiger partial charge < -0.3 is 15.4 Å². The lowest BCUT2D eigenvalue weighted by atomic mass is 10.2. The monoisotopic (exact) mass is 425 g/mol. The third-order valence-corrected chi connectivity index (χ3v) is 3.48. The number of pyridine rings is 1. The van der Waals surface area contributed by atoms with Gasteiger partial charge in [-0.05, 0) is 36.9 Å². The summed E-state index contributed by atoms with van der Waals surface area (Å²) >= 11 is 11.9. The molecule has 2 aromatic rings. The van der Waals surface area contributed by atoms with Crippen molar-refractivity contribution in [2.75, 3.05) is 19.6 Å². The van der Waals surface area contributed by atoms with Crippen LogP contribution in [0.2, 0.25) is 10.0 Å². The van der Waals surface area contributed by atoms with E-state index in [9.17, 15) is 4.79 Å². The van der Waals surface area contributed by atoms with Gasteiger partial charge in [-0.3, -0.25) is 4.79 Å². The van der Waals surface area contributed by atoms with Crippen LogP contribution in [0.5, 0.6) is 11.6 Å². The Morgan fingerprint density at radius 2 is 1.96 bits per heavy atom. The van der Waals surface area contributed by atoms with E-state index in [-0.39, 0.29) is 36.6 Å². The van der Waals surface area contributed by atoms with Gasteiger partial charge in [-0.15, -0.1) is 24.8 Å². The number of nitrogens with one attached hydrogen (secondary N) is 2. The Hall–Kier alpha value is -1.24. The maximum atomic E-state index is 12.2. The molecule has 0 atom stereocenters. The largest absolute Gasteiger partial charge is 0.437 e. The minimum absolute atomic E-state index is 0. The number of aromatic nitrogens is 1. The van der Waals surface area contributed by atoms with E-state index in [1.165, 1.54) is 0 Å². The van der Waals surface area contributed by atoms with Gasteiger partial charge in [-0.1, -0.05) is 30.1 Å². The number of nitrogens with zero attached hydrogens (tertiary/aromatic N) is 1. The molecule has 9 heteroatoms. The Labute approximate surface area is 169 Å². The average Bonchev–Trinajstić information content (AvgIpc) is 2.54. The quantitative estimate of drug-likeness (QED) is 0.645. The van der Waals surface area contributed by atoms with E-state index in [1.54, 1.807) is 36.5 Å². The van der Waals surface area contributed by atoms with Crippen LogP contribution in [0, 0.1) is 0 Å². The fraction of sp³-hybridized carbons (Fsp3) is 0.250. The molecule has 0 bridgehead atoms. The van der Waals surface area contributed by atoms with Crippen molar-refractivity contribution in [3.8, 4) is 11.6 Å². The molecule has 0 aliphatic rings. The van der Waals surface area contributed by atoms with Crippen LogP contribution in [-0.2, 0) is 0 Å². The smallest absolute Gasteiger partial charge is 0.256 e. The fourth-order valence-electron chi connectivity index (χ4n) is 1.84. The first-order chi connectivity index (χ1) is 11.1. The Bertz CT molecular complexity index is 686. The van der Waals surface area contributed by atoms with Gasteiger partial charge in [0.25, 0.3) is 5.91 Å². The van der Waals surface area contributed by atoms with Gasteiger partial charge in [0.2, 0.25) is 5.88 Å². The number of hydrogen-bond acceptors (Lipinski definition) is 4. The van der Waals surface area contributed by atoms with Crippen LogP contribution in [0.25, 0.3) is 0 Å². The first kappa shape index (κ1) is 23.8. The van der Waals surface area contributed by atoms with Gasteiger partial charge in [0, 0.05) is 24.3 Å². The van der Waals surface area contributed by atoms with E-state index < -0.39 is 0 Å². The molecular weight excluding hydrogens is 408 g/mol. The lowest BCUT2D eigenvalue weighted by molar-refractivity contribution is 0.0951. The first-order valence-corrected chi connectivity index (χ1v) is 7.94. The van der Waals surface area contributed by atoms with Crippen molar-refractivity contribution in [1.29, 1.82) is 0 Å². The first-order valence-electron chi connectivity index (χ1n) is 7.18. The van der Waals surface area contributed by atoms with Gasteiger partial charge in [0.05, 0.1) is 5.02 Å². The third kappa shape index (κ3) is 7.26. The summed E-state index contributed by atoms with van der Waals surface area (Å²) in [6.45, 7) is 4.07. The van der Waals surface area contributed by atoms with Crippen LogP contribution in [0.15, 0.2) is 36.5 Å². The molecule has 5 nitrogen and oxygen atoms in total. The maximum absolute atomic E-state index is 12.2. The second-order valence-corrected chi connectivity index (χ2v) is 5.49. The predicted octanol–water partition coefficient (Wildman–Crippen LogP) is 4.36. The van der Waals surface area contributed by atoms with E-state index in [1.807, 2.05) is 6.92 Å². The third-order valence-electron chi connectivity index (χ3n) is 2.95. The second kappa shape index (κ2) is 12.2. The summed E-state index contributed by atoms with van der Waals surface area (Å²) in [6, 6.07) is 8.18. The number of benzene rings is 1. The molecule has 0 unspecified atom stereocenters. The Kier molecular flexibility index (Phi) is 11.6. The van der Waals surface area contributed by atoms with Gasteiger partial charge in [-0.25, -0.2) is 4.98 Å². The second-order valence-electron chi connectivity index (χ2n) is 4.64. The molecule has 0 saturated heterocycles. The minimum atomic E-state index is -0.254. The number of likely N-dealkylation sites (N-methyl/N-ethyl adjacent to an activating group) is 1. The molecule has 1 aromatic heterocycles. The molecule has 1 heterocycles. The maximum Gasteiger partial charge on any atom is 0.256 e. The van der Waals surface area contributed by atoms with Crippen LogP contribution >= 0.6 is 48.0 Å². The summed E-state index contributed by atoms with van der Waals surface area (Å²) in [5.41, 5.74) is 0.343. The molecule has 0 aliphatic heterocycles. The SMILES string of the molecule is CCNCCNC(=O)c1cccnc1Oc1ccc(Cl)cc1Cl.Cl.Cl. The van der Waals surface area contributed by atoms with Crippen molar-refractivity contribution in [2.45, 2.75) is 6.92 Å².